The van der Waals surface area contributed by atoms with E-state index in [1.807, 2.05) is 31.2 Å². The Morgan fingerprint density at radius 3 is 2.46 bits per heavy atom. The number of para-hydroxylation sites is 2. The number of carbonyl (C=O) groups is 2. The highest BCUT2D eigenvalue weighted by molar-refractivity contribution is 6.11. The summed E-state index contributed by atoms with van der Waals surface area (Å²) < 4.78 is 18.4. The van der Waals surface area contributed by atoms with Crippen LogP contribution in [0.2, 0.25) is 0 Å². The lowest BCUT2D eigenvalue weighted by Gasteiger charge is -2.32. The molecule has 0 saturated heterocycles. The molecular weight excluding hydrogens is 359 g/mol. The van der Waals surface area contributed by atoms with Crippen LogP contribution < -0.4 is 10.6 Å². The van der Waals surface area contributed by atoms with Gasteiger partial charge in [-0.2, -0.15) is 0 Å². The van der Waals surface area contributed by atoms with Crippen molar-refractivity contribution >= 4 is 23.1 Å². The van der Waals surface area contributed by atoms with Gasteiger partial charge >= 0.3 is 5.97 Å². The minimum atomic E-state index is -0.850. The average Bonchev–Trinajstić information content (AvgIpc) is 2.85. The van der Waals surface area contributed by atoms with Crippen LogP contribution in [0.1, 0.15) is 24.9 Å². The number of halogens is 1. The predicted molar refractivity (Wildman–Crippen MR) is 104 cm³/mol. The smallest absolute Gasteiger partial charge is 0.316 e. The van der Waals surface area contributed by atoms with E-state index in [2.05, 4.69) is 10.6 Å². The number of allylic oxidation sites excluding steroid dienone is 1. The fourth-order valence-electron chi connectivity index (χ4n) is 4.04. The Bertz CT molecular complexity index is 968. The maximum atomic E-state index is 13.5. The molecule has 2 N–H and O–H groups in total. The van der Waals surface area contributed by atoms with Gasteiger partial charge in [0.25, 0.3) is 0 Å². The number of anilines is 2. The molecule has 144 valence electrons. The zero-order chi connectivity index (χ0) is 19.8. The molecule has 0 bridgehead atoms. The second-order valence-electron chi connectivity index (χ2n) is 7.24. The van der Waals surface area contributed by atoms with Crippen molar-refractivity contribution in [3.8, 4) is 0 Å². The summed E-state index contributed by atoms with van der Waals surface area (Å²) in [6.45, 7) is 1.88. The number of Topliss-reactive ketones (excluding diaryl/α,β-unsaturated/α-hetero) is 1. The van der Waals surface area contributed by atoms with Crippen LogP contribution in [0.4, 0.5) is 15.8 Å². The van der Waals surface area contributed by atoms with Gasteiger partial charge in [0.1, 0.15) is 11.7 Å². The molecule has 1 aliphatic heterocycles. The van der Waals surface area contributed by atoms with E-state index in [1.165, 1.54) is 19.2 Å². The number of rotatable bonds is 2. The molecule has 0 saturated carbocycles. The third kappa shape index (κ3) is 3.05. The second kappa shape index (κ2) is 7.11. The van der Waals surface area contributed by atoms with Crippen LogP contribution in [0.15, 0.2) is 59.8 Å². The number of fused-ring (bicyclic) bond motifs is 1. The largest absolute Gasteiger partial charge is 0.468 e. The number of ketones is 1. The number of methoxy groups -OCH3 is 1. The van der Waals surface area contributed by atoms with E-state index in [-0.39, 0.29) is 17.5 Å². The molecule has 0 amide bonds. The molecule has 0 fully saturated rings. The van der Waals surface area contributed by atoms with E-state index in [4.69, 9.17) is 4.74 Å². The Labute approximate surface area is 162 Å². The zero-order valence-electron chi connectivity index (χ0n) is 15.7. The average molecular weight is 380 g/mol. The standard InChI is InChI=1S/C22H21FN2O3/c1-12-11-17-19(21(26)18(12)22(27)28-2)20(13-7-9-14(23)10-8-13)25-16-6-4-3-5-15(16)24-17/h3-10,12,18,20,24-25H,11H2,1-2H3/t12-,18-,20+/m1/s1. The van der Waals surface area contributed by atoms with Crippen LogP contribution in [-0.4, -0.2) is 18.9 Å². The van der Waals surface area contributed by atoms with Crippen LogP contribution >= 0.6 is 0 Å². The van der Waals surface area contributed by atoms with Gasteiger partial charge in [0, 0.05) is 11.3 Å². The van der Waals surface area contributed by atoms with Gasteiger partial charge in [-0.05, 0) is 42.2 Å². The van der Waals surface area contributed by atoms with Crippen LogP contribution in [0.25, 0.3) is 0 Å². The number of ether oxygens (including phenoxy) is 1. The molecule has 3 atom stereocenters. The topological polar surface area (TPSA) is 67.4 Å². The molecule has 28 heavy (non-hydrogen) atoms. The maximum absolute atomic E-state index is 13.5. The summed E-state index contributed by atoms with van der Waals surface area (Å²) in [7, 11) is 1.29. The van der Waals surface area contributed by atoms with E-state index in [0.717, 1.165) is 22.6 Å². The van der Waals surface area contributed by atoms with E-state index in [0.29, 0.717) is 12.0 Å². The van der Waals surface area contributed by atoms with Crippen molar-refractivity contribution < 1.29 is 18.7 Å². The number of hydrogen-bond donors (Lipinski definition) is 2. The molecule has 5 nitrogen and oxygen atoms in total. The first-order valence-electron chi connectivity index (χ1n) is 9.22. The molecule has 0 spiro atoms. The van der Waals surface area contributed by atoms with Crippen molar-refractivity contribution in [2.24, 2.45) is 11.8 Å². The monoisotopic (exact) mass is 380 g/mol. The van der Waals surface area contributed by atoms with Crippen LogP contribution in [0.5, 0.6) is 0 Å². The van der Waals surface area contributed by atoms with Gasteiger partial charge < -0.3 is 15.4 Å². The molecule has 1 aliphatic carbocycles. The highest BCUT2D eigenvalue weighted by Gasteiger charge is 2.44. The summed E-state index contributed by atoms with van der Waals surface area (Å²) in [4.78, 5) is 25.7. The summed E-state index contributed by atoms with van der Waals surface area (Å²) in [5, 5.41) is 6.78. The van der Waals surface area contributed by atoms with Gasteiger partial charge in [0.15, 0.2) is 5.78 Å². The fourth-order valence-corrected chi connectivity index (χ4v) is 4.04. The lowest BCUT2D eigenvalue weighted by atomic mass is 9.75. The van der Waals surface area contributed by atoms with E-state index in [9.17, 15) is 14.0 Å². The molecule has 2 aromatic rings. The summed E-state index contributed by atoms with van der Waals surface area (Å²) in [6.07, 6.45) is 0.536. The first kappa shape index (κ1) is 18.2. The quantitative estimate of drug-likeness (QED) is 0.608. The number of benzene rings is 2. The summed E-state index contributed by atoms with van der Waals surface area (Å²) in [6, 6.07) is 13.2. The normalized spacial score (nSPS) is 23.7. The second-order valence-corrected chi connectivity index (χ2v) is 7.24. The highest BCUT2D eigenvalue weighted by atomic mass is 19.1. The van der Waals surface area contributed by atoms with Crippen molar-refractivity contribution in [2.75, 3.05) is 17.7 Å². The van der Waals surface area contributed by atoms with Crippen molar-refractivity contribution in [3.63, 3.8) is 0 Å². The van der Waals surface area contributed by atoms with Gasteiger partial charge in [0.2, 0.25) is 0 Å². The SMILES string of the molecule is COC(=O)[C@H]1C(=O)C2=C(C[C@H]1C)Nc1ccccc1N[C@H]2c1ccc(F)cc1. The highest BCUT2D eigenvalue weighted by Crippen LogP contribution is 2.43. The zero-order valence-corrected chi connectivity index (χ0v) is 15.7. The van der Waals surface area contributed by atoms with Gasteiger partial charge in [-0.15, -0.1) is 0 Å². The number of hydrogen-bond acceptors (Lipinski definition) is 5. The first-order chi connectivity index (χ1) is 13.5. The Morgan fingerprint density at radius 1 is 1.11 bits per heavy atom. The van der Waals surface area contributed by atoms with Gasteiger partial charge in [0.05, 0.1) is 24.5 Å². The molecule has 6 heteroatoms. The molecular formula is C22H21FN2O3. The molecule has 2 aliphatic rings. The summed E-state index contributed by atoms with van der Waals surface area (Å²) >= 11 is 0. The van der Waals surface area contributed by atoms with Crippen LogP contribution in [-0.2, 0) is 14.3 Å². The summed E-state index contributed by atoms with van der Waals surface area (Å²) in [5.74, 6) is -2.17. The van der Waals surface area contributed by atoms with Crippen LogP contribution in [0.3, 0.4) is 0 Å². The number of nitrogens with one attached hydrogen (secondary N) is 2. The fraction of sp³-hybridized carbons (Fsp3) is 0.273. The van der Waals surface area contributed by atoms with Gasteiger partial charge in [-0.1, -0.05) is 31.2 Å². The van der Waals surface area contributed by atoms with Crippen molar-refractivity contribution in [1.29, 1.82) is 0 Å². The molecule has 0 unspecified atom stereocenters. The van der Waals surface area contributed by atoms with E-state index < -0.39 is 17.9 Å². The maximum Gasteiger partial charge on any atom is 0.316 e. The van der Waals surface area contributed by atoms with E-state index in [1.54, 1.807) is 12.1 Å². The van der Waals surface area contributed by atoms with Crippen molar-refractivity contribution in [3.05, 3.63) is 71.2 Å². The Kier molecular flexibility index (Phi) is 4.63. The van der Waals surface area contributed by atoms with Crippen LogP contribution in [0, 0.1) is 17.7 Å². The summed E-state index contributed by atoms with van der Waals surface area (Å²) in [5.41, 5.74) is 3.72. The molecule has 0 aromatic heterocycles. The lowest BCUT2D eigenvalue weighted by molar-refractivity contribution is -0.151. The first-order valence-corrected chi connectivity index (χ1v) is 9.22. The van der Waals surface area contributed by atoms with Crippen molar-refractivity contribution in [1.82, 2.24) is 0 Å². The Hall–Kier alpha value is -3.15. The Balaban J connectivity index is 1.87. The molecule has 0 radical (unpaired) electrons. The number of esters is 1. The third-order valence-corrected chi connectivity index (χ3v) is 5.43. The molecule has 4 rings (SSSR count). The minimum absolute atomic E-state index is 0.190. The lowest BCUT2D eigenvalue weighted by Crippen LogP contribution is -2.39. The molecule has 1 heterocycles. The van der Waals surface area contributed by atoms with E-state index >= 15 is 0 Å². The van der Waals surface area contributed by atoms with Gasteiger partial charge in [-0.3, -0.25) is 9.59 Å². The minimum Gasteiger partial charge on any atom is -0.468 e. The van der Waals surface area contributed by atoms with Gasteiger partial charge in [-0.25, -0.2) is 4.39 Å². The number of carbonyl (C=O) groups excluding carboxylic acids is 2. The van der Waals surface area contributed by atoms with Crippen molar-refractivity contribution in [2.45, 2.75) is 19.4 Å². The predicted octanol–water partition coefficient (Wildman–Crippen LogP) is 4.06. The Morgan fingerprint density at radius 2 is 1.79 bits per heavy atom. The third-order valence-electron chi connectivity index (χ3n) is 5.43. The molecule has 2 aromatic carbocycles.